The van der Waals surface area contributed by atoms with E-state index in [1.54, 1.807) is 18.3 Å². The Balaban J connectivity index is 0.000000459. The predicted molar refractivity (Wildman–Crippen MR) is 155 cm³/mol. The minimum absolute atomic E-state index is 0.0000653. The summed E-state index contributed by atoms with van der Waals surface area (Å²) in [5, 5.41) is 25.7. The number of Topliss-reactive ketones (excluding diaryl/α,β-unsaturated/α-hetero) is 1. The van der Waals surface area contributed by atoms with Crippen LogP contribution < -0.4 is 20.3 Å². The lowest BCUT2D eigenvalue weighted by atomic mass is 10.1. The van der Waals surface area contributed by atoms with Gasteiger partial charge in [-0.05, 0) is 25.3 Å². The van der Waals surface area contributed by atoms with Gasteiger partial charge in [-0.3, -0.25) is 10.1 Å². The van der Waals surface area contributed by atoms with Gasteiger partial charge >= 0.3 is 23.5 Å². The lowest BCUT2D eigenvalue weighted by Crippen LogP contribution is -2.44. The summed E-state index contributed by atoms with van der Waals surface area (Å²) in [5.74, 6) is -4.76. The van der Waals surface area contributed by atoms with E-state index in [0.29, 0.717) is 12.8 Å². The van der Waals surface area contributed by atoms with Gasteiger partial charge in [0.15, 0.2) is 0 Å². The van der Waals surface area contributed by atoms with E-state index >= 15 is 0 Å². The number of aliphatic carboxylic acids is 2. The maximum atomic E-state index is 13.0. The minimum atomic E-state index is -5.19. The number of hydrogen-bond donors (Lipinski definition) is 4. The summed E-state index contributed by atoms with van der Waals surface area (Å²) in [6.45, 7) is 3.57. The van der Waals surface area contributed by atoms with Gasteiger partial charge in [-0.25, -0.2) is 14.3 Å². The first-order chi connectivity index (χ1) is 22.0. The summed E-state index contributed by atoms with van der Waals surface area (Å²) in [6, 6.07) is 9.87. The Morgan fingerprint density at radius 1 is 1.06 bits per heavy atom. The summed E-state index contributed by atoms with van der Waals surface area (Å²) in [7, 11) is 0. The molecule has 1 aliphatic heterocycles. The molecule has 258 valence electrons. The molecule has 0 unspecified atom stereocenters. The Bertz CT molecular complexity index is 1450. The molecule has 47 heavy (non-hydrogen) atoms. The van der Waals surface area contributed by atoms with E-state index in [4.69, 9.17) is 19.8 Å². The predicted octanol–water partition coefficient (Wildman–Crippen LogP) is 4.11. The summed E-state index contributed by atoms with van der Waals surface area (Å²) in [6.07, 6.45) is -2.87. The van der Waals surface area contributed by atoms with Crippen LogP contribution in [0.3, 0.4) is 0 Å². The molecule has 4 N–H and O–H groups in total. The average molecular weight is 694 g/mol. The number of carbonyl (C=O) groups excluding carboxylic acids is 3. The van der Waals surface area contributed by atoms with Crippen molar-refractivity contribution in [3.63, 3.8) is 0 Å². The monoisotopic (exact) mass is 693 g/mol. The SMILES string of the molecule is CC(=O)CCCCC[C@H](NC(=O)Cc1csc2[n+]1CCCN2)c1ncc(-c2ccccc2)[nH]1.O=C(O)C(F)(F)F.O=C([O-])C(F)(F)F. The van der Waals surface area contributed by atoms with Gasteiger partial charge < -0.3 is 30.1 Å². The number of rotatable bonds is 11. The maximum Gasteiger partial charge on any atom is 0.490 e. The molecule has 2 aromatic heterocycles. The molecule has 0 aliphatic carbocycles. The number of unbranched alkanes of at least 4 members (excludes halogenated alkanes) is 2. The lowest BCUT2D eigenvalue weighted by molar-refractivity contribution is -0.689. The maximum absolute atomic E-state index is 13.0. The second-order valence-corrected chi connectivity index (χ2v) is 11.1. The van der Waals surface area contributed by atoms with Crippen molar-refractivity contribution in [2.45, 2.75) is 76.8 Å². The smallest absolute Gasteiger partial charge is 0.490 e. The van der Waals surface area contributed by atoms with Crippen LogP contribution in [0.1, 0.15) is 63.0 Å². The molecule has 1 atom stereocenters. The Labute approximate surface area is 269 Å². The average Bonchev–Trinajstić information content (AvgIpc) is 3.64. The molecule has 11 nitrogen and oxygen atoms in total. The van der Waals surface area contributed by atoms with Gasteiger partial charge in [0.05, 0.1) is 37.4 Å². The first kappa shape index (κ1) is 38.7. The normalized spacial score (nSPS) is 13.0. The van der Waals surface area contributed by atoms with E-state index in [-0.39, 0.29) is 17.7 Å². The third kappa shape index (κ3) is 13.8. The molecule has 1 aromatic carbocycles. The third-order valence-corrected chi connectivity index (χ3v) is 7.39. The fourth-order valence-electron chi connectivity index (χ4n) is 4.20. The van der Waals surface area contributed by atoms with E-state index in [1.807, 2.05) is 36.5 Å². The van der Waals surface area contributed by atoms with E-state index in [2.05, 4.69) is 30.5 Å². The number of benzene rings is 1. The van der Waals surface area contributed by atoms with Gasteiger partial charge in [-0.15, -0.1) is 0 Å². The Morgan fingerprint density at radius 3 is 2.28 bits per heavy atom. The summed E-state index contributed by atoms with van der Waals surface area (Å²) >= 11 is 1.66. The zero-order valence-electron chi connectivity index (χ0n) is 25.0. The highest BCUT2D eigenvalue weighted by Crippen LogP contribution is 2.23. The number of anilines is 1. The number of hydrogen-bond acceptors (Lipinski definition) is 8. The van der Waals surface area contributed by atoms with Crippen molar-refractivity contribution in [1.29, 1.82) is 0 Å². The number of carboxylic acids is 2. The molecule has 0 bridgehead atoms. The molecule has 0 saturated carbocycles. The fraction of sp³-hybridized carbons (Fsp3) is 0.448. The van der Waals surface area contributed by atoms with Crippen molar-refractivity contribution in [3.05, 3.63) is 53.4 Å². The number of halogens is 6. The largest absolute Gasteiger partial charge is 0.542 e. The van der Waals surface area contributed by atoms with Crippen molar-refractivity contribution in [2.75, 3.05) is 11.9 Å². The number of alkyl halides is 6. The van der Waals surface area contributed by atoms with Gasteiger partial charge in [-0.1, -0.05) is 54.5 Å². The van der Waals surface area contributed by atoms with Gasteiger partial charge in [0.25, 0.3) is 0 Å². The number of thiazole rings is 1. The van der Waals surface area contributed by atoms with Crippen LogP contribution in [0.5, 0.6) is 0 Å². The van der Waals surface area contributed by atoms with Crippen LogP contribution in [0.4, 0.5) is 31.5 Å². The quantitative estimate of drug-likeness (QED) is 0.132. The minimum Gasteiger partial charge on any atom is -0.542 e. The van der Waals surface area contributed by atoms with Crippen LogP contribution in [0.2, 0.25) is 0 Å². The van der Waals surface area contributed by atoms with Crippen LogP contribution >= 0.6 is 11.3 Å². The number of H-pyrrole nitrogens is 1. The number of aromatic amines is 1. The zero-order chi connectivity index (χ0) is 35.2. The van der Waals surface area contributed by atoms with Crippen LogP contribution in [0.25, 0.3) is 11.3 Å². The van der Waals surface area contributed by atoms with Crippen molar-refractivity contribution >= 4 is 40.1 Å². The summed E-state index contributed by atoms with van der Waals surface area (Å²) < 4.78 is 65.5. The molecule has 3 aromatic rings. The molecule has 0 spiro atoms. The van der Waals surface area contributed by atoms with Gasteiger partial charge in [0, 0.05) is 18.2 Å². The van der Waals surface area contributed by atoms with Gasteiger partial charge in [0.2, 0.25) is 5.91 Å². The number of ketones is 1. The summed E-state index contributed by atoms with van der Waals surface area (Å²) in [4.78, 5) is 49.9. The number of fused-ring (bicyclic) bond motifs is 1. The molecule has 3 heterocycles. The highest BCUT2D eigenvalue weighted by atomic mass is 32.1. The zero-order valence-corrected chi connectivity index (χ0v) is 25.9. The standard InChI is InChI=1S/C25H31N5O2S.2C2HF3O2/c1-18(31)9-4-2-7-12-21(24-27-16-22(29-24)19-10-5-3-6-11-19)28-23(32)15-20-17-33-25-26-13-8-14-30(20)25;2*3-2(4,5)1(6)7/h3,5-6,10-11,16-17,21H,2,4,7-9,12-15H2,1H3,(H2,27,28,29,32);2*(H,6,7)/t21-;;/m0../s1. The Kier molecular flexibility index (Phi) is 14.8. The van der Waals surface area contributed by atoms with E-state index in [0.717, 1.165) is 73.1 Å². The number of carbonyl (C=O) groups is 4. The molecule has 0 radical (unpaired) electrons. The van der Waals surface area contributed by atoms with E-state index < -0.39 is 24.3 Å². The molecule has 0 fully saturated rings. The Morgan fingerprint density at radius 2 is 1.70 bits per heavy atom. The number of imidazole rings is 1. The summed E-state index contributed by atoms with van der Waals surface area (Å²) in [5.41, 5.74) is 3.05. The molecule has 4 rings (SSSR count). The molecule has 1 aliphatic rings. The van der Waals surface area contributed by atoms with E-state index in [1.165, 1.54) is 0 Å². The molecule has 1 amide bonds. The van der Waals surface area contributed by atoms with Gasteiger partial charge in [-0.2, -0.15) is 26.3 Å². The number of carboxylic acid groups (broad SMARTS) is 2. The first-order valence-corrected chi connectivity index (χ1v) is 15.1. The molecular formula is C29H33F6N5O6S. The van der Waals surface area contributed by atoms with Crippen LogP contribution in [0, 0.1) is 0 Å². The van der Waals surface area contributed by atoms with E-state index in [9.17, 15) is 35.9 Å². The van der Waals surface area contributed by atoms with Crippen LogP contribution in [0.15, 0.2) is 41.9 Å². The first-order valence-electron chi connectivity index (χ1n) is 14.2. The van der Waals surface area contributed by atoms with Crippen LogP contribution in [-0.4, -0.2) is 57.6 Å². The Hall–Kier alpha value is -4.48. The second-order valence-electron chi connectivity index (χ2n) is 10.2. The van der Waals surface area contributed by atoms with Gasteiger partial charge in [0.1, 0.15) is 23.3 Å². The molecule has 0 saturated heterocycles. The molecule has 18 heteroatoms. The molecular weight excluding hydrogens is 660 g/mol. The topological polar surface area (TPSA) is 168 Å². The third-order valence-electron chi connectivity index (χ3n) is 6.42. The van der Waals surface area contributed by atoms with Crippen molar-refractivity contribution in [1.82, 2.24) is 15.3 Å². The van der Waals surface area contributed by atoms with Crippen molar-refractivity contribution < 1.29 is 60.3 Å². The highest BCUT2D eigenvalue weighted by molar-refractivity contribution is 7.13. The number of amides is 1. The van der Waals surface area contributed by atoms with Crippen LogP contribution in [-0.2, 0) is 32.1 Å². The number of aromatic nitrogens is 3. The lowest BCUT2D eigenvalue weighted by Gasteiger charge is -2.17. The highest BCUT2D eigenvalue weighted by Gasteiger charge is 2.38. The number of nitrogens with zero attached hydrogens (tertiary/aromatic N) is 2. The number of nitrogens with one attached hydrogen (secondary N) is 3. The fourth-order valence-corrected chi connectivity index (χ4v) is 5.18. The van der Waals surface area contributed by atoms with Crippen molar-refractivity contribution in [3.8, 4) is 11.3 Å². The van der Waals surface area contributed by atoms with Crippen molar-refractivity contribution in [2.24, 2.45) is 0 Å². The second kappa shape index (κ2) is 18.0.